The number of carbonyl (C=O) groups excluding carboxylic acids is 2. The molecular formula is C27H24N4O3. The van der Waals surface area contributed by atoms with E-state index >= 15 is 0 Å². The second kappa shape index (κ2) is 8.94. The minimum atomic E-state index is -0.452. The molecule has 1 saturated heterocycles. The summed E-state index contributed by atoms with van der Waals surface area (Å²) in [5, 5.41) is 7.07. The molecule has 1 atom stereocenters. The number of hydrogen-bond acceptors (Lipinski definition) is 5. The standard InChI is InChI=1S/C27H24N4O3/c1-17-10-12-19(13-11-17)25-29-27(34-30-25)22-8-3-4-9-23(22)28-26(33)20-15-24(32)31(16-20)21-7-5-6-18(2)14-21/h3-14,20H,15-16H2,1-2H3,(H,28,33)/t20-/m1/s1. The molecule has 1 aliphatic heterocycles. The average Bonchev–Trinajstić information content (AvgIpc) is 3.47. The highest BCUT2D eigenvalue weighted by Crippen LogP contribution is 2.31. The van der Waals surface area contributed by atoms with Crippen LogP contribution in [-0.2, 0) is 9.59 Å². The van der Waals surface area contributed by atoms with Crippen LogP contribution in [-0.4, -0.2) is 28.5 Å². The predicted molar refractivity (Wildman–Crippen MR) is 130 cm³/mol. The molecule has 0 bridgehead atoms. The first-order valence-electron chi connectivity index (χ1n) is 11.2. The lowest BCUT2D eigenvalue weighted by Crippen LogP contribution is -2.28. The van der Waals surface area contributed by atoms with E-state index in [4.69, 9.17) is 4.52 Å². The fourth-order valence-electron chi connectivity index (χ4n) is 4.09. The largest absolute Gasteiger partial charge is 0.334 e. The van der Waals surface area contributed by atoms with Crippen LogP contribution in [0.1, 0.15) is 17.5 Å². The van der Waals surface area contributed by atoms with Gasteiger partial charge in [-0.1, -0.05) is 59.3 Å². The van der Waals surface area contributed by atoms with E-state index in [2.05, 4.69) is 15.5 Å². The second-order valence-electron chi connectivity index (χ2n) is 8.57. The molecule has 5 rings (SSSR count). The molecule has 170 valence electrons. The Hall–Kier alpha value is -4.26. The zero-order valence-corrected chi connectivity index (χ0v) is 19.0. The zero-order chi connectivity index (χ0) is 23.7. The number of carbonyl (C=O) groups is 2. The van der Waals surface area contributed by atoms with E-state index in [1.54, 1.807) is 11.0 Å². The average molecular weight is 453 g/mol. The molecule has 34 heavy (non-hydrogen) atoms. The Balaban J connectivity index is 1.34. The van der Waals surface area contributed by atoms with Crippen LogP contribution in [0, 0.1) is 19.8 Å². The van der Waals surface area contributed by atoms with Crippen LogP contribution in [0.2, 0.25) is 0 Å². The maximum atomic E-state index is 13.1. The van der Waals surface area contributed by atoms with Gasteiger partial charge in [0.2, 0.25) is 17.6 Å². The van der Waals surface area contributed by atoms with Crippen molar-refractivity contribution >= 4 is 23.2 Å². The van der Waals surface area contributed by atoms with Crippen LogP contribution in [0.15, 0.2) is 77.3 Å². The third-order valence-corrected chi connectivity index (χ3v) is 5.96. The third-order valence-electron chi connectivity index (χ3n) is 5.96. The molecule has 0 aliphatic carbocycles. The van der Waals surface area contributed by atoms with Gasteiger partial charge in [0.1, 0.15) is 0 Å². The van der Waals surface area contributed by atoms with Gasteiger partial charge < -0.3 is 14.7 Å². The Morgan fingerprint density at radius 2 is 1.79 bits per heavy atom. The van der Waals surface area contributed by atoms with Crippen LogP contribution < -0.4 is 10.2 Å². The number of rotatable bonds is 5. The van der Waals surface area contributed by atoms with E-state index < -0.39 is 5.92 Å². The highest BCUT2D eigenvalue weighted by atomic mass is 16.5. The summed E-state index contributed by atoms with van der Waals surface area (Å²) in [4.78, 5) is 31.9. The van der Waals surface area contributed by atoms with E-state index in [1.165, 1.54) is 0 Å². The fraction of sp³-hybridized carbons (Fsp3) is 0.185. The van der Waals surface area contributed by atoms with Crippen LogP contribution >= 0.6 is 0 Å². The van der Waals surface area contributed by atoms with Crippen molar-refractivity contribution in [3.63, 3.8) is 0 Å². The quantitative estimate of drug-likeness (QED) is 0.460. The Morgan fingerprint density at radius 1 is 1.00 bits per heavy atom. The number of para-hydroxylation sites is 1. The van der Waals surface area contributed by atoms with Gasteiger partial charge in [-0.15, -0.1) is 0 Å². The molecule has 2 amide bonds. The van der Waals surface area contributed by atoms with Gasteiger partial charge in [0.15, 0.2) is 0 Å². The second-order valence-corrected chi connectivity index (χ2v) is 8.57. The number of benzene rings is 3. The SMILES string of the molecule is Cc1ccc(-c2noc(-c3ccccc3NC(=O)[C@@H]3CC(=O)N(c4cccc(C)c4)C3)n2)cc1. The lowest BCUT2D eigenvalue weighted by atomic mass is 10.1. The molecule has 7 heteroatoms. The van der Waals surface area contributed by atoms with Crippen molar-refractivity contribution in [3.8, 4) is 22.8 Å². The summed E-state index contributed by atoms with van der Waals surface area (Å²) < 4.78 is 5.51. The monoisotopic (exact) mass is 452 g/mol. The fourth-order valence-corrected chi connectivity index (χ4v) is 4.09. The van der Waals surface area contributed by atoms with E-state index in [0.717, 1.165) is 22.4 Å². The molecule has 0 saturated carbocycles. The molecule has 1 aromatic heterocycles. The highest BCUT2D eigenvalue weighted by molar-refractivity contribution is 6.04. The third kappa shape index (κ3) is 4.32. The minimum absolute atomic E-state index is 0.0568. The van der Waals surface area contributed by atoms with E-state index in [9.17, 15) is 9.59 Å². The molecule has 7 nitrogen and oxygen atoms in total. The van der Waals surface area contributed by atoms with E-state index in [0.29, 0.717) is 29.5 Å². The van der Waals surface area contributed by atoms with Crippen molar-refractivity contribution in [2.75, 3.05) is 16.8 Å². The Labute approximate surface area is 197 Å². The summed E-state index contributed by atoms with van der Waals surface area (Å²) in [6.07, 6.45) is 0.167. The normalized spacial score (nSPS) is 15.5. The molecule has 0 radical (unpaired) electrons. The van der Waals surface area contributed by atoms with E-state index in [-0.39, 0.29) is 18.2 Å². The first-order valence-corrected chi connectivity index (χ1v) is 11.2. The molecule has 4 aromatic rings. The number of aromatic nitrogens is 2. The minimum Gasteiger partial charge on any atom is -0.334 e. The summed E-state index contributed by atoms with van der Waals surface area (Å²) in [5.74, 6) is 0.0708. The van der Waals surface area contributed by atoms with Crippen molar-refractivity contribution < 1.29 is 14.1 Å². The van der Waals surface area contributed by atoms with Crippen LogP contribution in [0.4, 0.5) is 11.4 Å². The molecule has 0 spiro atoms. The van der Waals surface area contributed by atoms with Gasteiger partial charge in [-0.3, -0.25) is 9.59 Å². The van der Waals surface area contributed by atoms with Crippen molar-refractivity contribution in [1.29, 1.82) is 0 Å². The topological polar surface area (TPSA) is 88.3 Å². The van der Waals surface area contributed by atoms with Gasteiger partial charge >= 0.3 is 0 Å². The van der Waals surface area contributed by atoms with Gasteiger partial charge in [-0.25, -0.2) is 0 Å². The molecule has 1 N–H and O–H groups in total. The number of hydrogen-bond donors (Lipinski definition) is 1. The molecular weight excluding hydrogens is 428 g/mol. The highest BCUT2D eigenvalue weighted by Gasteiger charge is 2.35. The first kappa shape index (κ1) is 21.6. The van der Waals surface area contributed by atoms with Crippen molar-refractivity contribution in [2.45, 2.75) is 20.3 Å². The van der Waals surface area contributed by atoms with Gasteiger partial charge in [-0.05, 0) is 43.7 Å². The summed E-state index contributed by atoms with van der Waals surface area (Å²) in [7, 11) is 0. The van der Waals surface area contributed by atoms with Gasteiger partial charge in [0, 0.05) is 24.2 Å². The summed E-state index contributed by atoms with van der Waals surface area (Å²) in [6, 6.07) is 22.9. The summed E-state index contributed by atoms with van der Waals surface area (Å²) >= 11 is 0. The van der Waals surface area contributed by atoms with Crippen molar-refractivity contribution in [3.05, 3.63) is 83.9 Å². The van der Waals surface area contributed by atoms with Gasteiger partial charge in [0.25, 0.3) is 5.89 Å². The van der Waals surface area contributed by atoms with Crippen LogP contribution in [0.3, 0.4) is 0 Å². The van der Waals surface area contributed by atoms with E-state index in [1.807, 2.05) is 80.6 Å². The Bertz CT molecular complexity index is 1360. The first-order chi connectivity index (χ1) is 16.5. The lowest BCUT2D eigenvalue weighted by molar-refractivity contribution is -0.122. The van der Waals surface area contributed by atoms with Crippen LogP contribution in [0.25, 0.3) is 22.8 Å². The van der Waals surface area contributed by atoms with Gasteiger partial charge in [-0.2, -0.15) is 4.98 Å². The maximum absolute atomic E-state index is 13.1. The number of aryl methyl sites for hydroxylation is 2. The number of amides is 2. The van der Waals surface area contributed by atoms with Gasteiger partial charge in [0.05, 0.1) is 17.2 Å². The van der Waals surface area contributed by atoms with Crippen molar-refractivity contribution in [1.82, 2.24) is 10.1 Å². The summed E-state index contributed by atoms with van der Waals surface area (Å²) in [5.41, 5.74) is 5.07. The predicted octanol–water partition coefficient (Wildman–Crippen LogP) is 5.01. The van der Waals surface area contributed by atoms with Crippen LogP contribution in [0.5, 0.6) is 0 Å². The lowest BCUT2D eigenvalue weighted by Gasteiger charge is -2.17. The Kier molecular flexibility index (Phi) is 5.67. The molecule has 0 unspecified atom stereocenters. The number of nitrogens with zero attached hydrogens (tertiary/aromatic N) is 3. The smallest absolute Gasteiger partial charge is 0.260 e. The molecule has 2 heterocycles. The molecule has 1 fully saturated rings. The number of nitrogens with one attached hydrogen (secondary N) is 1. The summed E-state index contributed by atoms with van der Waals surface area (Å²) in [6.45, 7) is 4.34. The number of anilines is 2. The zero-order valence-electron chi connectivity index (χ0n) is 19.0. The Morgan fingerprint density at radius 3 is 2.59 bits per heavy atom. The maximum Gasteiger partial charge on any atom is 0.260 e. The van der Waals surface area contributed by atoms with Crippen molar-refractivity contribution in [2.24, 2.45) is 5.92 Å². The molecule has 1 aliphatic rings. The molecule has 3 aromatic carbocycles.